The van der Waals surface area contributed by atoms with Crippen LogP contribution < -0.4 is 10.1 Å². The van der Waals surface area contributed by atoms with E-state index in [0.717, 1.165) is 25.0 Å². The molecule has 1 aromatic carbocycles. The average Bonchev–Trinajstić information content (AvgIpc) is 2.44. The van der Waals surface area contributed by atoms with Crippen molar-refractivity contribution in [2.24, 2.45) is 0 Å². The molecule has 108 valence electrons. The van der Waals surface area contributed by atoms with Crippen LogP contribution in [-0.4, -0.2) is 17.1 Å². The lowest BCUT2D eigenvalue weighted by Crippen LogP contribution is -2.27. The van der Waals surface area contributed by atoms with Crippen LogP contribution in [0.1, 0.15) is 39.7 Å². The maximum Gasteiger partial charge on any atom is 0.214 e. The second kappa shape index (κ2) is 6.23. The Bertz CT molecular complexity index is 578. The first-order valence-corrected chi connectivity index (χ1v) is 7.34. The van der Waals surface area contributed by atoms with E-state index in [2.05, 4.69) is 56.2 Å². The Morgan fingerprint density at radius 3 is 2.65 bits per heavy atom. The average molecular weight is 272 g/mol. The number of para-hydroxylation sites is 1. The van der Waals surface area contributed by atoms with Crippen LogP contribution in [0.4, 0.5) is 0 Å². The fraction of sp³-hybridized carbons (Fsp3) is 0.471. The normalized spacial score (nSPS) is 11.8. The first-order chi connectivity index (χ1) is 9.55. The van der Waals surface area contributed by atoms with Gasteiger partial charge in [-0.2, -0.15) is 0 Å². The van der Waals surface area contributed by atoms with Gasteiger partial charge in [-0.1, -0.05) is 32.0 Å². The third-order valence-corrected chi connectivity index (χ3v) is 3.58. The minimum absolute atomic E-state index is 0.190. The highest BCUT2D eigenvalue weighted by atomic mass is 16.5. The van der Waals surface area contributed by atoms with Crippen LogP contribution in [0.15, 0.2) is 30.3 Å². The van der Waals surface area contributed by atoms with Gasteiger partial charge in [-0.25, -0.2) is 4.98 Å². The van der Waals surface area contributed by atoms with Crippen LogP contribution in [-0.2, 0) is 6.54 Å². The second-order valence-corrected chi connectivity index (χ2v) is 5.63. The molecule has 0 amide bonds. The molecule has 0 saturated heterocycles. The van der Waals surface area contributed by atoms with Crippen molar-refractivity contribution in [1.29, 1.82) is 0 Å². The summed E-state index contributed by atoms with van der Waals surface area (Å²) in [5.74, 6) is 0.712. The van der Waals surface area contributed by atoms with Gasteiger partial charge in [-0.15, -0.1) is 0 Å². The maximum absolute atomic E-state index is 6.04. The SMILES string of the molecule is CCNCc1cc(OC(C)(C)CC)nc2ccccc12. The molecule has 3 nitrogen and oxygen atoms in total. The zero-order valence-corrected chi connectivity index (χ0v) is 12.9. The Balaban J connectivity index is 2.41. The van der Waals surface area contributed by atoms with Crippen molar-refractivity contribution in [3.63, 3.8) is 0 Å². The van der Waals surface area contributed by atoms with Gasteiger partial charge in [0.05, 0.1) is 5.52 Å². The molecule has 0 aliphatic heterocycles. The largest absolute Gasteiger partial charge is 0.472 e. The lowest BCUT2D eigenvalue weighted by atomic mass is 10.1. The Morgan fingerprint density at radius 1 is 1.20 bits per heavy atom. The van der Waals surface area contributed by atoms with Crippen LogP contribution in [0.2, 0.25) is 0 Å². The van der Waals surface area contributed by atoms with E-state index in [1.807, 2.05) is 12.1 Å². The number of pyridine rings is 1. The molecule has 1 heterocycles. The number of rotatable bonds is 6. The van der Waals surface area contributed by atoms with Crippen molar-refractivity contribution < 1.29 is 4.74 Å². The van der Waals surface area contributed by atoms with Gasteiger partial charge < -0.3 is 10.1 Å². The summed E-state index contributed by atoms with van der Waals surface area (Å²) in [6, 6.07) is 10.3. The molecule has 20 heavy (non-hydrogen) atoms. The maximum atomic E-state index is 6.04. The van der Waals surface area contributed by atoms with Crippen LogP contribution in [0.3, 0.4) is 0 Å². The molecule has 3 heteroatoms. The summed E-state index contributed by atoms with van der Waals surface area (Å²) in [6.45, 7) is 10.2. The Labute approximate surface area is 121 Å². The van der Waals surface area contributed by atoms with Crippen molar-refractivity contribution in [3.8, 4) is 5.88 Å². The molecule has 0 atom stereocenters. The molecule has 2 rings (SSSR count). The smallest absolute Gasteiger partial charge is 0.214 e. The van der Waals surface area contributed by atoms with Gasteiger partial charge in [0.25, 0.3) is 0 Å². The summed E-state index contributed by atoms with van der Waals surface area (Å²) in [4.78, 5) is 4.63. The molecule has 0 spiro atoms. The number of ether oxygens (including phenoxy) is 1. The minimum atomic E-state index is -0.190. The third kappa shape index (κ3) is 3.48. The highest BCUT2D eigenvalue weighted by molar-refractivity contribution is 5.82. The standard InChI is InChI=1S/C17H24N2O/c1-5-17(3,4)20-16-11-13(12-18-6-2)14-9-7-8-10-15(14)19-16/h7-11,18H,5-6,12H2,1-4H3. The van der Waals surface area contributed by atoms with Crippen molar-refractivity contribution in [2.45, 2.75) is 46.3 Å². The summed E-state index contributed by atoms with van der Waals surface area (Å²) in [5, 5.41) is 4.57. The molecule has 0 aliphatic rings. The number of hydrogen-bond donors (Lipinski definition) is 1. The van der Waals surface area contributed by atoms with E-state index < -0.39 is 0 Å². The zero-order chi connectivity index (χ0) is 14.6. The summed E-state index contributed by atoms with van der Waals surface area (Å²) in [7, 11) is 0. The Morgan fingerprint density at radius 2 is 1.95 bits per heavy atom. The molecule has 2 aromatic rings. The third-order valence-electron chi connectivity index (χ3n) is 3.58. The van der Waals surface area contributed by atoms with Crippen LogP contribution >= 0.6 is 0 Å². The van der Waals surface area contributed by atoms with E-state index >= 15 is 0 Å². The van der Waals surface area contributed by atoms with E-state index in [1.54, 1.807) is 0 Å². The van der Waals surface area contributed by atoms with Gasteiger partial charge in [-0.3, -0.25) is 0 Å². The molecule has 0 radical (unpaired) electrons. The number of fused-ring (bicyclic) bond motifs is 1. The lowest BCUT2D eigenvalue weighted by molar-refractivity contribution is 0.0994. The number of nitrogens with zero attached hydrogens (tertiary/aromatic N) is 1. The highest BCUT2D eigenvalue weighted by Crippen LogP contribution is 2.25. The number of hydrogen-bond acceptors (Lipinski definition) is 3. The van der Waals surface area contributed by atoms with Crippen molar-refractivity contribution in [1.82, 2.24) is 10.3 Å². The van der Waals surface area contributed by atoms with Crippen LogP contribution in [0.25, 0.3) is 10.9 Å². The van der Waals surface area contributed by atoms with Crippen molar-refractivity contribution in [3.05, 3.63) is 35.9 Å². The van der Waals surface area contributed by atoms with E-state index in [-0.39, 0.29) is 5.60 Å². The Kier molecular flexibility index (Phi) is 4.61. The molecular weight excluding hydrogens is 248 g/mol. The summed E-state index contributed by atoms with van der Waals surface area (Å²) >= 11 is 0. The van der Waals surface area contributed by atoms with E-state index in [4.69, 9.17) is 4.74 Å². The van der Waals surface area contributed by atoms with Crippen LogP contribution in [0, 0.1) is 0 Å². The second-order valence-electron chi connectivity index (χ2n) is 5.63. The van der Waals surface area contributed by atoms with Gasteiger partial charge in [0.1, 0.15) is 5.60 Å². The van der Waals surface area contributed by atoms with E-state index in [9.17, 15) is 0 Å². The van der Waals surface area contributed by atoms with Gasteiger partial charge >= 0.3 is 0 Å². The minimum Gasteiger partial charge on any atom is -0.472 e. The molecule has 0 fully saturated rings. The summed E-state index contributed by atoms with van der Waals surface area (Å²) < 4.78 is 6.04. The Hall–Kier alpha value is -1.61. The van der Waals surface area contributed by atoms with E-state index in [1.165, 1.54) is 10.9 Å². The molecule has 0 unspecified atom stereocenters. The first-order valence-electron chi connectivity index (χ1n) is 7.34. The molecular formula is C17H24N2O. The highest BCUT2D eigenvalue weighted by Gasteiger charge is 2.18. The fourth-order valence-corrected chi connectivity index (χ4v) is 2.03. The van der Waals surface area contributed by atoms with Crippen molar-refractivity contribution in [2.75, 3.05) is 6.54 Å². The van der Waals surface area contributed by atoms with Gasteiger partial charge in [0.2, 0.25) is 5.88 Å². The van der Waals surface area contributed by atoms with E-state index in [0.29, 0.717) is 5.88 Å². The zero-order valence-electron chi connectivity index (χ0n) is 12.9. The van der Waals surface area contributed by atoms with Crippen LogP contribution in [0.5, 0.6) is 5.88 Å². The van der Waals surface area contributed by atoms with Gasteiger partial charge in [0, 0.05) is 18.0 Å². The molecule has 0 aliphatic carbocycles. The molecule has 1 aromatic heterocycles. The summed E-state index contributed by atoms with van der Waals surface area (Å²) in [5.41, 5.74) is 2.04. The van der Waals surface area contributed by atoms with Crippen molar-refractivity contribution >= 4 is 10.9 Å². The summed E-state index contributed by atoms with van der Waals surface area (Å²) in [6.07, 6.45) is 0.948. The topological polar surface area (TPSA) is 34.1 Å². The predicted octanol–water partition coefficient (Wildman–Crippen LogP) is 3.91. The molecule has 0 saturated carbocycles. The molecule has 1 N–H and O–H groups in total. The number of nitrogens with one attached hydrogen (secondary N) is 1. The molecule has 0 bridgehead atoms. The number of benzene rings is 1. The lowest BCUT2D eigenvalue weighted by Gasteiger charge is -2.24. The number of aromatic nitrogens is 1. The predicted molar refractivity (Wildman–Crippen MR) is 84.1 cm³/mol. The monoisotopic (exact) mass is 272 g/mol. The fourth-order valence-electron chi connectivity index (χ4n) is 2.03. The first kappa shape index (κ1) is 14.8. The van der Waals surface area contributed by atoms with Gasteiger partial charge in [-0.05, 0) is 38.4 Å². The van der Waals surface area contributed by atoms with Gasteiger partial charge in [0.15, 0.2) is 0 Å². The quantitative estimate of drug-likeness (QED) is 0.865.